The SMILES string of the molecule is CCOC(=O)C(Cc1c[nH]c2ncncc12)(NC(C)=O)C(=O)OCC. The fourth-order valence-electron chi connectivity index (χ4n) is 2.53. The molecule has 25 heavy (non-hydrogen) atoms. The summed E-state index contributed by atoms with van der Waals surface area (Å²) >= 11 is 0. The maximum absolute atomic E-state index is 12.6. The third-order valence-electron chi connectivity index (χ3n) is 3.53. The normalized spacial score (nSPS) is 11.2. The van der Waals surface area contributed by atoms with Gasteiger partial charge < -0.3 is 19.8 Å². The van der Waals surface area contributed by atoms with Crippen molar-refractivity contribution in [2.75, 3.05) is 13.2 Å². The van der Waals surface area contributed by atoms with Gasteiger partial charge in [0.15, 0.2) is 0 Å². The monoisotopic (exact) mass is 348 g/mol. The average Bonchev–Trinajstić information content (AvgIpc) is 2.97. The van der Waals surface area contributed by atoms with Crippen LogP contribution in [0.1, 0.15) is 26.3 Å². The number of hydrogen-bond acceptors (Lipinski definition) is 7. The van der Waals surface area contributed by atoms with Gasteiger partial charge in [-0.25, -0.2) is 19.6 Å². The molecule has 2 N–H and O–H groups in total. The average molecular weight is 348 g/mol. The second-order valence-electron chi connectivity index (χ2n) is 5.30. The molecule has 0 fully saturated rings. The molecular formula is C16H20N4O5. The van der Waals surface area contributed by atoms with Crippen LogP contribution < -0.4 is 5.32 Å². The van der Waals surface area contributed by atoms with Gasteiger partial charge in [-0.2, -0.15) is 0 Å². The Balaban J connectivity index is 2.52. The third kappa shape index (κ3) is 3.76. The molecule has 0 bridgehead atoms. The maximum atomic E-state index is 12.6. The lowest BCUT2D eigenvalue weighted by Gasteiger charge is -2.29. The second kappa shape index (κ2) is 7.73. The van der Waals surface area contributed by atoms with Crippen molar-refractivity contribution in [1.29, 1.82) is 0 Å². The first-order valence-electron chi connectivity index (χ1n) is 7.83. The zero-order valence-electron chi connectivity index (χ0n) is 14.3. The number of ether oxygens (including phenoxy) is 2. The van der Waals surface area contributed by atoms with E-state index in [0.717, 1.165) is 0 Å². The minimum Gasteiger partial charge on any atom is -0.464 e. The fourth-order valence-corrected chi connectivity index (χ4v) is 2.53. The van der Waals surface area contributed by atoms with E-state index < -0.39 is 23.4 Å². The van der Waals surface area contributed by atoms with E-state index in [1.54, 1.807) is 26.2 Å². The van der Waals surface area contributed by atoms with Gasteiger partial charge in [-0.15, -0.1) is 0 Å². The first kappa shape index (κ1) is 18.4. The van der Waals surface area contributed by atoms with E-state index in [2.05, 4.69) is 20.3 Å². The lowest BCUT2D eigenvalue weighted by atomic mass is 9.90. The minimum atomic E-state index is -1.98. The van der Waals surface area contributed by atoms with Crippen LogP contribution in [0.25, 0.3) is 11.0 Å². The van der Waals surface area contributed by atoms with E-state index in [1.165, 1.54) is 13.3 Å². The molecule has 2 aromatic rings. The number of rotatable bonds is 7. The van der Waals surface area contributed by atoms with Gasteiger partial charge in [0.1, 0.15) is 12.0 Å². The van der Waals surface area contributed by atoms with Crippen LogP contribution in [0.5, 0.6) is 0 Å². The number of aromatic amines is 1. The first-order valence-corrected chi connectivity index (χ1v) is 7.83. The summed E-state index contributed by atoms with van der Waals surface area (Å²) in [5.74, 6) is -2.32. The molecule has 0 aliphatic carbocycles. The van der Waals surface area contributed by atoms with Crippen LogP contribution in [-0.4, -0.2) is 51.6 Å². The van der Waals surface area contributed by atoms with Gasteiger partial charge in [0.25, 0.3) is 0 Å². The molecule has 0 saturated heterocycles. The number of esters is 2. The van der Waals surface area contributed by atoms with Gasteiger partial charge in [0.05, 0.1) is 13.2 Å². The summed E-state index contributed by atoms with van der Waals surface area (Å²) in [5, 5.41) is 3.05. The quantitative estimate of drug-likeness (QED) is 0.551. The van der Waals surface area contributed by atoms with E-state index in [0.29, 0.717) is 16.6 Å². The van der Waals surface area contributed by atoms with Crippen molar-refractivity contribution < 1.29 is 23.9 Å². The molecule has 0 aromatic carbocycles. The van der Waals surface area contributed by atoms with E-state index in [-0.39, 0.29) is 19.6 Å². The number of hydrogen-bond donors (Lipinski definition) is 2. The number of carbonyl (C=O) groups excluding carboxylic acids is 3. The molecular weight excluding hydrogens is 328 g/mol. The highest BCUT2D eigenvalue weighted by Gasteiger charge is 2.50. The van der Waals surface area contributed by atoms with Crippen LogP contribution in [0.15, 0.2) is 18.7 Å². The topological polar surface area (TPSA) is 123 Å². The number of nitrogens with zero attached hydrogens (tertiary/aromatic N) is 2. The zero-order valence-corrected chi connectivity index (χ0v) is 14.3. The molecule has 0 unspecified atom stereocenters. The Hall–Kier alpha value is -2.97. The van der Waals surface area contributed by atoms with Crippen LogP contribution in [0.2, 0.25) is 0 Å². The van der Waals surface area contributed by atoms with E-state index in [9.17, 15) is 14.4 Å². The van der Waals surface area contributed by atoms with Gasteiger partial charge in [0.2, 0.25) is 11.4 Å². The lowest BCUT2D eigenvalue weighted by molar-refractivity contribution is -0.167. The summed E-state index contributed by atoms with van der Waals surface area (Å²) in [6.07, 6.45) is 4.38. The molecule has 2 heterocycles. The van der Waals surface area contributed by atoms with Crippen molar-refractivity contribution in [3.8, 4) is 0 Å². The minimum absolute atomic E-state index is 0.0522. The summed E-state index contributed by atoms with van der Waals surface area (Å²) in [4.78, 5) is 47.9. The second-order valence-corrected chi connectivity index (χ2v) is 5.30. The number of fused-ring (bicyclic) bond motifs is 1. The molecule has 0 atom stereocenters. The number of amides is 1. The van der Waals surface area contributed by atoms with Crippen molar-refractivity contribution in [2.45, 2.75) is 32.7 Å². The Morgan fingerprint density at radius 3 is 2.40 bits per heavy atom. The van der Waals surface area contributed by atoms with E-state index in [4.69, 9.17) is 9.47 Å². The molecule has 1 amide bonds. The molecule has 0 aliphatic rings. The maximum Gasteiger partial charge on any atom is 0.344 e. The summed E-state index contributed by atoms with van der Waals surface area (Å²) < 4.78 is 10.1. The smallest absolute Gasteiger partial charge is 0.344 e. The van der Waals surface area contributed by atoms with E-state index in [1.807, 2.05) is 0 Å². The Labute approximate surface area is 144 Å². The lowest BCUT2D eigenvalue weighted by Crippen LogP contribution is -2.62. The number of aromatic nitrogens is 3. The van der Waals surface area contributed by atoms with Gasteiger partial charge in [-0.1, -0.05) is 0 Å². The highest BCUT2D eigenvalue weighted by molar-refractivity contribution is 6.08. The number of nitrogens with one attached hydrogen (secondary N) is 2. The van der Waals surface area contributed by atoms with Crippen molar-refractivity contribution >= 4 is 28.9 Å². The van der Waals surface area contributed by atoms with Gasteiger partial charge >= 0.3 is 11.9 Å². The van der Waals surface area contributed by atoms with Crippen LogP contribution in [0.4, 0.5) is 0 Å². The summed E-state index contributed by atoms with van der Waals surface area (Å²) in [6, 6.07) is 0. The number of carbonyl (C=O) groups is 3. The predicted octanol–water partition coefficient (Wildman–Crippen LogP) is 0.501. The number of H-pyrrole nitrogens is 1. The highest BCUT2D eigenvalue weighted by Crippen LogP contribution is 2.23. The fraction of sp³-hybridized carbons (Fsp3) is 0.438. The predicted molar refractivity (Wildman–Crippen MR) is 87.4 cm³/mol. The molecule has 9 heteroatoms. The Bertz CT molecular complexity index is 768. The molecule has 9 nitrogen and oxygen atoms in total. The standard InChI is InChI=1S/C16H20N4O5/c1-4-24-14(22)16(20-10(3)21,15(23)25-5-2)6-11-7-18-13-12(11)8-17-9-19-13/h7-9H,4-6H2,1-3H3,(H,20,21)(H,17,18,19). The van der Waals surface area contributed by atoms with Crippen molar-refractivity contribution in [1.82, 2.24) is 20.3 Å². The Morgan fingerprint density at radius 1 is 1.20 bits per heavy atom. The van der Waals surface area contributed by atoms with E-state index >= 15 is 0 Å². The molecule has 134 valence electrons. The largest absolute Gasteiger partial charge is 0.464 e. The summed E-state index contributed by atoms with van der Waals surface area (Å²) in [6.45, 7) is 4.54. The van der Waals surface area contributed by atoms with Crippen LogP contribution in [0, 0.1) is 0 Å². The van der Waals surface area contributed by atoms with Gasteiger partial charge in [-0.3, -0.25) is 4.79 Å². The molecule has 0 spiro atoms. The molecule has 0 aliphatic heterocycles. The van der Waals surface area contributed by atoms with Gasteiger partial charge in [0, 0.05) is 31.1 Å². The van der Waals surface area contributed by atoms with Crippen LogP contribution in [-0.2, 0) is 30.3 Å². The zero-order chi connectivity index (χ0) is 18.4. The molecule has 0 radical (unpaired) electrons. The third-order valence-corrected chi connectivity index (χ3v) is 3.53. The highest BCUT2D eigenvalue weighted by atomic mass is 16.6. The van der Waals surface area contributed by atoms with Crippen molar-refractivity contribution in [3.63, 3.8) is 0 Å². The molecule has 2 aromatic heterocycles. The Kier molecular flexibility index (Phi) is 5.68. The van der Waals surface area contributed by atoms with Crippen molar-refractivity contribution in [2.24, 2.45) is 0 Å². The van der Waals surface area contributed by atoms with Gasteiger partial charge in [-0.05, 0) is 19.4 Å². The van der Waals surface area contributed by atoms with Crippen molar-refractivity contribution in [3.05, 3.63) is 24.3 Å². The summed E-state index contributed by atoms with van der Waals surface area (Å²) in [5.41, 5.74) is -0.858. The Morgan fingerprint density at radius 2 is 1.84 bits per heavy atom. The first-order chi connectivity index (χ1) is 11.9. The molecule has 0 saturated carbocycles. The summed E-state index contributed by atoms with van der Waals surface area (Å²) in [7, 11) is 0. The van der Waals surface area contributed by atoms with Crippen LogP contribution in [0.3, 0.4) is 0 Å². The molecule has 2 rings (SSSR count). The van der Waals surface area contributed by atoms with Crippen LogP contribution >= 0.6 is 0 Å².